The molecule has 2 saturated heterocycles. The molecular formula is C30H44ClFN4O2. The van der Waals surface area contributed by atoms with E-state index in [1.54, 1.807) is 6.07 Å². The molecule has 1 aromatic carbocycles. The highest BCUT2D eigenvalue weighted by Crippen LogP contribution is 2.47. The molecule has 1 amide bonds. The van der Waals surface area contributed by atoms with Crippen molar-refractivity contribution in [3.8, 4) is 5.75 Å². The van der Waals surface area contributed by atoms with Crippen LogP contribution in [0.5, 0.6) is 5.75 Å². The molecule has 6 rings (SSSR count). The van der Waals surface area contributed by atoms with Crippen LogP contribution >= 0.6 is 11.6 Å². The summed E-state index contributed by atoms with van der Waals surface area (Å²) in [4.78, 5) is 18.3. The number of piperidine rings is 1. The molecule has 38 heavy (non-hydrogen) atoms. The first-order valence-electron chi connectivity index (χ1n) is 15.2. The van der Waals surface area contributed by atoms with Gasteiger partial charge in [-0.3, -0.25) is 15.0 Å². The third kappa shape index (κ3) is 5.86. The van der Waals surface area contributed by atoms with E-state index in [-0.39, 0.29) is 23.6 Å². The van der Waals surface area contributed by atoms with Gasteiger partial charge in [-0.25, -0.2) is 4.39 Å². The second kappa shape index (κ2) is 12.0. The van der Waals surface area contributed by atoms with E-state index in [2.05, 4.69) is 20.4 Å². The van der Waals surface area contributed by atoms with E-state index in [9.17, 15) is 9.18 Å². The molecule has 210 valence electrons. The predicted molar refractivity (Wildman–Crippen MR) is 148 cm³/mol. The van der Waals surface area contributed by atoms with Crippen LogP contribution in [0, 0.1) is 17.7 Å². The first-order valence-corrected chi connectivity index (χ1v) is 15.6. The van der Waals surface area contributed by atoms with Gasteiger partial charge in [-0.1, -0.05) is 30.9 Å². The molecule has 5 fully saturated rings. The third-order valence-electron chi connectivity index (χ3n) is 10.3. The maximum absolute atomic E-state index is 13.7. The Hall–Kier alpha value is -1.41. The Bertz CT molecular complexity index is 970. The lowest BCUT2D eigenvalue weighted by Crippen LogP contribution is -2.61. The van der Waals surface area contributed by atoms with Crippen molar-refractivity contribution in [2.24, 2.45) is 11.8 Å². The number of halogens is 2. The maximum Gasteiger partial charge on any atom is 0.258 e. The standard InChI is InChI=1S/C30H44ClFN4O2/c31-25-11-8-22(17-26(25)32)38-19-30(37)34-28-18-27(23-9-10-24(23)28)33-29-16-21(35-13-4-5-14-35)12-15-36(29)20-6-2-1-3-7-20/h8,11,17,20-21,23-24,27-29,33H,1-7,9-10,12-16,18-19H2,(H,34,37)/t21?,23?,24?,27-,28?,29?/m0/s1. The van der Waals surface area contributed by atoms with Crippen molar-refractivity contribution in [3.63, 3.8) is 0 Å². The Labute approximate surface area is 232 Å². The topological polar surface area (TPSA) is 56.8 Å². The minimum absolute atomic E-state index is 0.0501. The van der Waals surface area contributed by atoms with Crippen molar-refractivity contribution in [2.75, 3.05) is 26.2 Å². The Morgan fingerprint density at radius 2 is 1.68 bits per heavy atom. The van der Waals surface area contributed by atoms with Gasteiger partial charge < -0.3 is 15.0 Å². The Kier molecular flexibility index (Phi) is 8.46. The van der Waals surface area contributed by atoms with Crippen LogP contribution in [0.15, 0.2) is 18.2 Å². The van der Waals surface area contributed by atoms with Gasteiger partial charge in [0.15, 0.2) is 6.61 Å². The minimum Gasteiger partial charge on any atom is -0.484 e. The quantitative estimate of drug-likeness (QED) is 0.483. The molecule has 2 heterocycles. The van der Waals surface area contributed by atoms with Crippen LogP contribution in [0.2, 0.25) is 5.02 Å². The zero-order valence-electron chi connectivity index (χ0n) is 22.6. The third-order valence-corrected chi connectivity index (χ3v) is 10.6. The zero-order valence-corrected chi connectivity index (χ0v) is 23.3. The molecule has 5 aliphatic rings. The first kappa shape index (κ1) is 26.8. The summed E-state index contributed by atoms with van der Waals surface area (Å²) in [5.41, 5.74) is 0. The number of hydrogen-bond acceptors (Lipinski definition) is 5. The molecule has 2 aliphatic heterocycles. The number of likely N-dealkylation sites (tertiary alicyclic amines) is 2. The van der Waals surface area contributed by atoms with E-state index in [0.29, 0.717) is 35.8 Å². The van der Waals surface area contributed by atoms with Crippen LogP contribution in [0.4, 0.5) is 4.39 Å². The van der Waals surface area contributed by atoms with Gasteiger partial charge in [-0.2, -0.15) is 0 Å². The van der Waals surface area contributed by atoms with Crippen molar-refractivity contribution in [1.82, 2.24) is 20.4 Å². The largest absolute Gasteiger partial charge is 0.484 e. The van der Waals surface area contributed by atoms with Gasteiger partial charge in [0.05, 0.1) is 11.2 Å². The molecule has 1 aromatic rings. The van der Waals surface area contributed by atoms with Gasteiger partial charge in [0.25, 0.3) is 5.91 Å². The fourth-order valence-corrected chi connectivity index (χ4v) is 8.28. The normalized spacial score (nSPS) is 34.6. The van der Waals surface area contributed by atoms with Crippen molar-refractivity contribution >= 4 is 17.5 Å². The Balaban J connectivity index is 1.06. The van der Waals surface area contributed by atoms with Gasteiger partial charge in [-0.05, 0) is 94.8 Å². The second-order valence-electron chi connectivity index (χ2n) is 12.4. The summed E-state index contributed by atoms with van der Waals surface area (Å²) in [5, 5.41) is 7.49. The number of rotatable bonds is 8. The molecule has 3 aliphatic carbocycles. The van der Waals surface area contributed by atoms with E-state index in [4.69, 9.17) is 16.3 Å². The lowest BCUT2D eigenvalue weighted by atomic mass is 9.73. The number of carbonyl (C=O) groups is 1. The lowest BCUT2D eigenvalue weighted by molar-refractivity contribution is -0.124. The number of benzene rings is 1. The van der Waals surface area contributed by atoms with E-state index in [0.717, 1.165) is 12.5 Å². The maximum atomic E-state index is 13.7. The lowest BCUT2D eigenvalue weighted by Gasteiger charge is -2.49. The number of carbonyl (C=O) groups excluding carboxylic acids is 1. The number of amides is 1. The number of hydrogen-bond donors (Lipinski definition) is 2. The van der Waals surface area contributed by atoms with Crippen molar-refractivity contribution in [1.29, 1.82) is 0 Å². The van der Waals surface area contributed by atoms with E-state index in [1.807, 2.05) is 0 Å². The van der Waals surface area contributed by atoms with Crippen molar-refractivity contribution in [2.45, 2.75) is 107 Å². The van der Waals surface area contributed by atoms with Gasteiger partial charge in [0.2, 0.25) is 0 Å². The van der Waals surface area contributed by atoms with Crippen LogP contribution in [-0.4, -0.2) is 72.3 Å². The number of fused-ring (bicyclic) bond motifs is 1. The summed E-state index contributed by atoms with van der Waals surface area (Å²) in [6, 6.07) is 6.35. The summed E-state index contributed by atoms with van der Waals surface area (Å²) < 4.78 is 19.2. The molecule has 6 nitrogen and oxygen atoms in total. The average Bonchev–Trinajstić information content (AvgIpc) is 3.51. The zero-order chi connectivity index (χ0) is 26.1. The predicted octanol–water partition coefficient (Wildman–Crippen LogP) is 4.95. The first-order chi connectivity index (χ1) is 18.5. The van der Waals surface area contributed by atoms with E-state index in [1.165, 1.54) is 102 Å². The number of nitrogens with zero attached hydrogens (tertiary/aromatic N) is 2. The summed E-state index contributed by atoms with van der Waals surface area (Å²) in [6.07, 6.45) is 15.9. The Morgan fingerprint density at radius 3 is 2.42 bits per heavy atom. The average molecular weight is 547 g/mol. The molecule has 8 heteroatoms. The fourth-order valence-electron chi connectivity index (χ4n) is 8.16. The number of nitrogens with one attached hydrogen (secondary N) is 2. The van der Waals surface area contributed by atoms with Crippen LogP contribution in [0.1, 0.15) is 77.0 Å². The van der Waals surface area contributed by atoms with Gasteiger partial charge in [0.1, 0.15) is 11.6 Å². The second-order valence-corrected chi connectivity index (χ2v) is 12.8. The van der Waals surface area contributed by atoms with Crippen molar-refractivity contribution in [3.05, 3.63) is 29.0 Å². The Morgan fingerprint density at radius 1 is 0.921 bits per heavy atom. The number of ether oxygens (including phenoxy) is 1. The van der Waals surface area contributed by atoms with Crippen LogP contribution in [0.3, 0.4) is 0 Å². The highest BCUT2D eigenvalue weighted by Gasteiger charge is 2.50. The van der Waals surface area contributed by atoms with Crippen LogP contribution in [0.25, 0.3) is 0 Å². The summed E-state index contributed by atoms with van der Waals surface area (Å²) in [6.45, 7) is 3.65. The molecule has 3 saturated carbocycles. The summed E-state index contributed by atoms with van der Waals surface area (Å²) >= 11 is 5.75. The van der Waals surface area contributed by atoms with Gasteiger partial charge in [0, 0.05) is 36.8 Å². The summed E-state index contributed by atoms with van der Waals surface area (Å²) in [7, 11) is 0. The van der Waals surface area contributed by atoms with Crippen LogP contribution in [-0.2, 0) is 4.79 Å². The minimum atomic E-state index is -0.538. The molecule has 2 N–H and O–H groups in total. The van der Waals surface area contributed by atoms with E-state index < -0.39 is 5.82 Å². The summed E-state index contributed by atoms with van der Waals surface area (Å²) in [5.74, 6) is 0.843. The van der Waals surface area contributed by atoms with Gasteiger partial charge >= 0.3 is 0 Å². The highest BCUT2D eigenvalue weighted by atomic mass is 35.5. The van der Waals surface area contributed by atoms with E-state index >= 15 is 0 Å². The fraction of sp³-hybridized carbons (Fsp3) is 0.767. The molecule has 0 spiro atoms. The molecule has 0 bridgehead atoms. The molecule has 6 atom stereocenters. The molecule has 5 unspecified atom stereocenters. The van der Waals surface area contributed by atoms with Gasteiger partial charge in [-0.15, -0.1) is 0 Å². The van der Waals surface area contributed by atoms with Crippen LogP contribution < -0.4 is 15.4 Å². The molecular weight excluding hydrogens is 503 g/mol. The smallest absolute Gasteiger partial charge is 0.258 e. The molecule has 0 aromatic heterocycles. The SMILES string of the molecule is O=C(COc1ccc(Cl)c(F)c1)NC1C[C@H](NC2CC(N3CCCC3)CCN2C2CCCCC2)C2CCC12. The molecule has 0 radical (unpaired) electrons. The monoisotopic (exact) mass is 546 g/mol. The van der Waals surface area contributed by atoms with Crippen molar-refractivity contribution < 1.29 is 13.9 Å². The highest BCUT2D eigenvalue weighted by molar-refractivity contribution is 6.30.